The summed E-state index contributed by atoms with van der Waals surface area (Å²) in [6, 6.07) is 3.78. The molecule has 2 unspecified atom stereocenters. The lowest BCUT2D eigenvalue weighted by molar-refractivity contribution is -0.142. The smallest absolute Gasteiger partial charge is 0.385 e. The molecule has 1 amide bonds. The number of alkyl halides is 3. The normalized spacial score (nSPS) is 28.5. The van der Waals surface area contributed by atoms with Crippen molar-refractivity contribution in [3.63, 3.8) is 0 Å². The summed E-state index contributed by atoms with van der Waals surface area (Å²) in [6.07, 6.45) is -2.25. The highest BCUT2D eigenvalue weighted by Gasteiger charge is 2.62. The van der Waals surface area contributed by atoms with E-state index in [1.807, 2.05) is 0 Å². The van der Waals surface area contributed by atoms with Crippen LogP contribution in [0.1, 0.15) is 34.7 Å². The Morgan fingerprint density at radius 3 is 2.69 bits per heavy atom. The molecule has 0 spiro atoms. The molecule has 2 aromatic heterocycles. The van der Waals surface area contributed by atoms with Crippen LogP contribution in [0.4, 0.5) is 13.2 Å². The highest BCUT2D eigenvalue weighted by atomic mass is 35.5. The maximum Gasteiger partial charge on any atom is 0.436 e. The molecule has 2 fully saturated rings. The van der Waals surface area contributed by atoms with Gasteiger partial charge >= 0.3 is 6.18 Å². The van der Waals surface area contributed by atoms with Crippen LogP contribution >= 0.6 is 11.6 Å². The van der Waals surface area contributed by atoms with Crippen LogP contribution in [0, 0.1) is 11.8 Å². The average Bonchev–Trinajstić information content (AvgIpc) is 3.16. The van der Waals surface area contributed by atoms with Gasteiger partial charge in [0.2, 0.25) is 5.76 Å². The van der Waals surface area contributed by atoms with Crippen molar-refractivity contribution < 1.29 is 27.6 Å². The zero-order valence-electron chi connectivity index (χ0n) is 14.6. The fourth-order valence-corrected chi connectivity index (χ4v) is 4.66. The van der Waals surface area contributed by atoms with Gasteiger partial charge in [0.05, 0.1) is 17.3 Å². The number of nitrogens with one attached hydrogen (secondary N) is 2. The van der Waals surface area contributed by atoms with Gasteiger partial charge in [0.15, 0.2) is 5.69 Å². The van der Waals surface area contributed by atoms with E-state index < -0.39 is 29.1 Å². The number of aromatic nitrogens is 3. The van der Waals surface area contributed by atoms with E-state index >= 15 is 0 Å². The molecule has 152 valence electrons. The van der Waals surface area contributed by atoms with Crippen LogP contribution < -0.4 is 5.32 Å². The first-order valence-corrected chi connectivity index (χ1v) is 9.24. The lowest BCUT2D eigenvalue weighted by atomic mass is 9.86. The first kappa shape index (κ1) is 18.4. The van der Waals surface area contributed by atoms with E-state index in [0.717, 1.165) is 10.9 Å². The van der Waals surface area contributed by atoms with E-state index in [1.54, 1.807) is 18.3 Å². The lowest BCUT2D eigenvalue weighted by Gasteiger charge is -2.27. The monoisotopic (exact) mass is 426 g/mol. The largest absolute Gasteiger partial charge is 0.436 e. The SMILES string of the molecule is O=C(NC1C2CC(O)(c3cc(Cl)cc4[nH]ncc34)CC21)c1cc(C(F)(F)F)no1. The van der Waals surface area contributed by atoms with Crippen molar-refractivity contribution in [1.29, 1.82) is 0 Å². The van der Waals surface area contributed by atoms with E-state index in [4.69, 9.17) is 11.6 Å². The van der Waals surface area contributed by atoms with Gasteiger partial charge < -0.3 is 14.9 Å². The zero-order valence-corrected chi connectivity index (χ0v) is 15.4. The minimum Gasteiger partial charge on any atom is -0.385 e. The van der Waals surface area contributed by atoms with E-state index in [-0.39, 0.29) is 17.9 Å². The Balaban J connectivity index is 1.29. The molecule has 0 bridgehead atoms. The summed E-state index contributed by atoms with van der Waals surface area (Å²) in [5.41, 5.74) is -0.967. The third kappa shape index (κ3) is 2.98. The van der Waals surface area contributed by atoms with E-state index in [1.165, 1.54) is 0 Å². The Labute approximate surface area is 166 Å². The summed E-state index contributed by atoms with van der Waals surface area (Å²) in [5, 5.41) is 24.8. The third-order valence-electron chi connectivity index (χ3n) is 5.83. The molecule has 11 heteroatoms. The summed E-state index contributed by atoms with van der Waals surface area (Å²) in [5.74, 6) is -1.23. The number of aromatic amines is 1. The van der Waals surface area contributed by atoms with Crippen LogP contribution in [-0.4, -0.2) is 32.4 Å². The number of aliphatic hydroxyl groups is 1. The molecule has 2 aliphatic carbocycles. The highest BCUT2D eigenvalue weighted by Crippen LogP contribution is 2.60. The second kappa shape index (κ2) is 5.96. The number of carbonyl (C=O) groups is 1. The summed E-state index contributed by atoms with van der Waals surface area (Å²) < 4.78 is 42.3. The first-order chi connectivity index (χ1) is 13.7. The van der Waals surface area contributed by atoms with Crippen molar-refractivity contribution in [1.82, 2.24) is 20.7 Å². The van der Waals surface area contributed by atoms with E-state index in [2.05, 4.69) is 25.2 Å². The van der Waals surface area contributed by atoms with Gasteiger partial charge in [0, 0.05) is 22.5 Å². The number of fused-ring (bicyclic) bond motifs is 2. The first-order valence-electron chi connectivity index (χ1n) is 8.86. The molecule has 0 radical (unpaired) electrons. The van der Waals surface area contributed by atoms with Crippen LogP contribution in [-0.2, 0) is 11.8 Å². The molecule has 3 aromatic rings. The van der Waals surface area contributed by atoms with Gasteiger partial charge in [-0.15, -0.1) is 0 Å². The minimum absolute atomic E-state index is 0.00916. The van der Waals surface area contributed by atoms with Gasteiger partial charge in [-0.25, -0.2) is 0 Å². The van der Waals surface area contributed by atoms with E-state index in [0.29, 0.717) is 29.5 Å². The number of halogens is 4. The van der Waals surface area contributed by atoms with Crippen LogP contribution in [0.25, 0.3) is 10.9 Å². The second-order valence-electron chi connectivity index (χ2n) is 7.63. The Morgan fingerprint density at radius 1 is 1.31 bits per heavy atom. The Hall–Kier alpha value is -2.59. The summed E-state index contributed by atoms with van der Waals surface area (Å²) in [7, 11) is 0. The number of carbonyl (C=O) groups excluding carboxylic acids is 1. The molecular formula is C18H14ClF3N4O3. The van der Waals surface area contributed by atoms with Gasteiger partial charge in [-0.1, -0.05) is 16.8 Å². The van der Waals surface area contributed by atoms with Gasteiger partial charge in [0.25, 0.3) is 5.91 Å². The van der Waals surface area contributed by atoms with Gasteiger partial charge in [-0.2, -0.15) is 18.3 Å². The number of hydrogen-bond acceptors (Lipinski definition) is 5. The fraction of sp³-hybridized carbons (Fsp3) is 0.389. The third-order valence-corrected chi connectivity index (χ3v) is 6.04. The van der Waals surface area contributed by atoms with Crippen molar-refractivity contribution in [3.05, 3.63) is 46.4 Å². The Morgan fingerprint density at radius 2 is 2.03 bits per heavy atom. The van der Waals surface area contributed by atoms with Crippen molar-refractivity contribution in [2.75, 3.05) is 0 Å². The molecule has 2 heterocycles. The van der Waals surface area contributed by atoms with Crippen LogP contribution in [0.3, 0.4) is 0 Å². The molecule has 2 aliphatic rings. The predicted molar refractivity (Wildman–Crippen MR) is 94.0 cm³/mol. The molecule has 29 heavy (non-hydrogen) atoms. The quantitative estimate of drug-likeness (QED) is 0.596. The maximum absolute atomic E-state index is 12.6. The number of amides is 1. The molecule has 3 N–H and O–H groups in total. The summed E-state index contributed by atoms with van der Waals surface area (Å²) >= 11 is 6.16. The minimum atomic E-state index is -4.68. The zero-order chi connectivity index (χ0) is 20.6. The predicted octanol–water partition coefficient (Wildman–Crippen LogP) is 3.25. The number of H-pyrrole nitrogens is 1. The number of benzene rings is 1. The topological polar surface area (TPSA) is 104 Å². The summed E-state index contributed by atoms with van der Waals surface area (Å²) in [6.45, 7) is 0. The van der Waals surface area contributed by atoms with Crippen LogP contribution in [0.2, 0.25) is 5.02 Å². The van der Waals surface area contributed by atoms with Gasteiger partial charge in [-0.05, 0) is 42.4 Å². The van der Waals surface area contributed by atoms with E-state index in [9.17, 15) is 23.1 Å². The number of hydrogen-bond donors (Lipinski definition) is 3. The van der Waals surface area contributed by atoms with Crippen molar-refractivity contribution in [3.8, 4) is 0 Å². The van der Waals surface area contributed by atoms with Gasteiger partial charge in [0.1, 0.15) is 0 Å². The maximum atomic E-state index is 12.6. The molecular weight excluding hydrogens is 413 g/mol. The van der Waals surface area contributed by atoms with Crippen LogP contribution in [0.5, 0.6) is 0 Å². The second-order valence-corrected chi connectivity index (χ2v) is 8.06. The molecule has 0 aliphatic heterocycles. The number of rotatable bonds is 3. The molecule has 7 nitrogen and oxygen atoms in total. The molecule has 2 saturated carbocycles. The van der Waals surface area contributed by atoms with Gasteiger partial charge in [-0.3, -0.25) is 9.89 Å². The lowest BCUT2D eigenvalue weighted by Crippen LogP contribution is -2.33. The summed E-state index contributed by atoms with van der Waals surface area (Å²) in [4.78, 5) is 12.2. The van der Waals surface area contributed by atoms with Crippen molar-refractivity contribution >= 4 is 28.4 Å². The molecule has 2 atom stereocenters. The van der Waals surface area contributed by atoms with Crippen molar-refractivity contribution in [2.45, 2.75) is 30.7 Å². The average molecular weight is 427 g/mol. The van der Waals surface area contributed by atoms with Crippen molar-refractivity contribution in [2.24, 2.45) is 11.8 Å². The number of nitrogens with zero attached hydrogens (tertiary/aromatic N) is 2. The Kier molecular flexibility index (Phi) is 3.79. The van der Waals surface area contributed by atoms with Crippen LogP contribution in [0.15, 0.2) is 28.9 Å². The fourth-order valence-electron chi connectivity index (χ4n) is 4.44. The Bertz CT molecular complexity index is 1110. The molecule has 1 aromatic carbocycles. The highest BCUT2D eigenvalue weighted by molar-refractivity contribution is 6.31. The molecule has 5 rings (SSSR count). The molecule has 0 saturated heterocycles. The standard InChI is InChI=1S/C18H14ClF3N4O3/c19-7-1-11(10-6-23-25-12(10)2-7)17(28)4-8-9(5-17)15(8)24-16(27)13-3-14(26-29-13)18(20,21)22/h1-3,6,8-9,15,28H,4-5H2,(H,23,25)(H,24,27).